The van der Waals surface area contributed by atoms with E-state index in [0.717, 1.165) is 12.1 Å². The Kier molecular flexibility index (Phi) is 5.88. The fraction of sp³-hybridized carbons (Fsp3) is 0.400. The maximum absolute atomic E-state index is 13.4. The van der Waals surface area contributed by atoms with Gasteiger partial charge in [0.15, 0.2) is 0 Å². The summed E-state index contributed by atoms with van der Waals surface area (Å²) in [5.74, 6) is 1.21. The molecule has 0 bridgehead atoms. The van der Waals surface area contributed by atoms with Crippen LogP contribution in [-0.4, -0.2) is 60.2 Å². The zero-order chi connectivity index (χ0) is 22.0. The molecule has 3 heterocycles. The number of sulfonamides is 1. The van der Waals surface area contributed by atoms with Gasteiger partial charge in [-0.1, -0.05) is 0 Å². The molecule has 164 valence electrons. The lowest BCUT2D eigenvalue weighted by atomic mass is 10.00. The maximum atomic E-state index is 13.4. The van der Waals surface area contributed by atoms with Crippen molar-refractivity contribution in [3.63, 3.8) is 0 Å². The van der Waals surface area contributed by atoms with E-state index in [1.165, 1.54) is 30.9 Å². The largest absolute Gasteiger partial charge is 0.497 e. The molecule has 1 aliphatic rings. The Morgan fingerprint density at radius 1 is 1.19 bits per heavy atom. The van der Waals surface area contributed by atoms with E-state index in [4.69, 9.17) is 13.9 Å². The first-order valence-corrected chi connectivity index (χ1v) is 11.2. The third kappa shape index (κ3) is 4.10. The van der Waals surface area contributed by atoms with Crippen LogP contribution in [0.1, 0.15) is 30.3 Å². The monoisotopic (exact) mass is 445 g/mol. The van der Waals surface area contributed by atoms with Gasteiger partial charge in [0, 0.05) is 25.4 Å². The van der Waals surface area contributed by atoms with E-state index >= 15 is 0 Å². The standard InChI is InChI=1S/C20H23N5O5S/c1-13-16(10-21-12-22-13)20-24-23-19(30-20)14-5-4-8-25(11-14)31(26,27)18-9-15(28-2)6-7-17(18)29-3/h6-7,9-10,12,14H,4-5,8,11H2,1-3H3. The van der Waals surface area contributed by atoms with Crippen molar-refractivity contribution in [2.24, 2.45) is 0 Å². The van der Waals surface area contributed by atoms with Gasteiger partial charge in [-0.25, -0.2) is 18.4 Å². The molecule has 4 rings (SSSR count). The molecule has 0 radical (unpaired) electrons. The normalized spacial score (nSPS) is 17.5. The number of benzene rings is 1. The number of hydrogen-bond donors (Lipinski definition) is 0. The summed E-state index contributed by atoms with van der Waals surface area (Å²) in [4.78, 5) is 8.21. The van der Waals surface area contributed by atoms with Crippen LogP contribution in [0.3, 0.4) is 0 Å². The van der Waals surface area contributed by atoms with Crippen molar-refractivity contribution in [1.82, 2.24) is 24.5 Å². The summed E-state index contributed by atoms with van der Waals surface area (Å²) >= 11 is 0. The Bertz CT molecular complexity index is 1180. The molecule has 0 aliphatic carbocycles. The van der Waals surface area contributed by atoms with E-state index in [2.05, 4.69) is 20.2 Å². The van der Waals surface area contributed by atoms with Crippen LogP contribution in [0.15, 0.2) is 40.0 Å². The number of hydrogen-bond acceptors (Lipinski definition) is 9. The molecule has 0 spiro atoms. The number of nitrogens with zero attached hydrogens (tertiary/aromatic N) is 5. The molecule has 1 saturated heterocycles. The molecule has 1 fully saturated rings. The molecule has 3 aromatic rings. The van der Waals surface area contributed by atoms with Gasteiger partial charge >= 0.3 is 0 Å². The number of methoxy groups -OCH3 is 2. The Balaban J connectivity index is 1.60. The molecule has 11 heteroatoms. The van der Waals surface area contributed by atoms with Gasteiger partial charge < -0.3 is 13.9 Å². The Labute approximate surface area is 180 Å². The van der Waals surface area contributed by atoms with Gasteiger partial charge in [-0.2, -0.15) is 4.31 Å². The molecule has 1 aliphatic heterocycles. The van der Waals surface area contributed by atoms with Crippen LogP contribution in [0, 0.1) is 6.92 Å². The van der Waals surface area contributed by atoms with Crippen molar-refractivity contribution < 1.29 is 22.3 Å². The third-order valence-electron chi connectivity index (χ3n) is 5.30. The van der Waals surface area contributed by atoms with Gasteiger partial charge in [-0.15, -0.1) is 10.2 Å². The van der Waals surface area contributed by atoms with Crippen molar-refractivity contribution in [3.8, 4) is 23.0 Å². The smallest absolute Gasteiger partial charge is 0.251 e. The molecule has 10 nitrogen and oxygen atoms in total. The molecular formula is C20H23N5O5S. The minimum absolute atomic E-state index is 0.0678. The summed E-state index contributed by atoms with van der Waals surface area (Å²) < 4.78 is 44.6. The number of aryl methyl sites for hydroxylation is 1. The maximum Gasteiger partial charge on any atom is 0.251 e. The minimum Gasteiger partial charge on any atom is -0.497 e. The zero-order valence-electron chi connectivity index (χ0n) is 17.5. The summed E-state index contributed by atoms with van der Waals surface area (Å²) in [5.41, 5.74) is 1.38. The van der Waals surface area contributed by atoms with Gasteiger partial charge in [-0.05, 0) is 31.9 Å². The average Bonchev–Trinajstić information content (AvgIpc) is 3.29. The first-order chi connectivity index (χ1) is 14.9. The van der Waals surface area contributed by atoms with E-state index < -0.39 is 10.0 Å². The lowest BCUT2D eigenvalue weighted by molar-refractivity contribution is 0.285. The van der Waals surface area contributed by atoms with Gasteiger partial charge in [0.2, 0.25) is 15.9 Å². The number of rotatable bonds is 6. The van der Waals surface area contributed by atoms with E-state index in [1.807, 2.05) is 6.92 Å². The van der Waals surface area contributed by atoms with E-state index in [9.17, 15) is 8.42 Å². The van der Waals surface area contributed by atoms with Gasteiger partial charge in [0.05, 0.1) is 31.4 Å². The summed E-state index contributed by atoms with van der Waals surface area (Å²) in [7, 11) is -0.884. The molecule has 0 amide bonds. The number of ether oxygens (including phenoxy) is 2. The van der Waals surface area contributed by atoms with Crippen molar-refractivity contribution in [1.29, 1.82) is 0 Å². The van der Waals surface area contributed by atoms with Crippen LogP contribution in [0.4, 0.5) is 0 Å². The summed E-state index contributed by atoms with van der Waals surface area (Å²) in [6, 6.07) is 4.72. The molecule has 1 aromatic carbocycles. The van der Waals surface area contributed by atoms with E-state index in [1.54, 1.807) is 18.3 Å². The lowest BCUT2D eigenvalue weighted by Gasteiger charge is -2.30. The number of aromatic nitrogens is 4. The van der Waals surface area contributed by atoms with Crippen LogP contribution in [0.5, 0.6) is 11.5 Å². The highest BCUT2D eigenvalue weighted by Gasteiger charge is 2.35. The molecule has 1 atom stereocenters. The van der Waals surface area contributed by atoms with E-state index in [0.29, 0.717) is 36.1 Å². The highest BCUT2D eigenvalue weighted by molar-refractivity contribution is 7.89. The van der Waals surface area contributed by atoms with Crippen LogP contribution in [-0.2, 0) is 10.0 Å². The Morgan fingerprint density at radius 3 is 2.77 bits per heavy atom. The van der Waals surface area contributed by atoms with Crippen molar-refractivity contribution >= 4 is 10.0 Å². The molecular weight excluding hydrogens is 422 g/mol. The summed E-state index contributed by atoms with van der Waals surface area (Å²) in [6.07, 6.45) is 4.48. The second-order valence-electron chi connectivity index (χ2n) is 7.19. The fourth-order valence-electron chi connectivity index (χ4n) is 3.60. The second kappa shape index (κ2) is 8.60. The summed E-state index contributed by atoms with van der Waals surface area (Å²) in [5, 5.41) is 8.29. The van der Waals surface area contributed by atoms with Gasteiger partial charge in [0.25, 0.3) is 5.89 Å². The average molecular weight is 446 g/mol. The van der Waals surface area contributed by atoms with Crippen LogP contribution in [0.25, 0.3) is 11.5 Å². The minimum atomic E-state index is -3.81. The molecule has 2 aromatic heterocycles. The highest BCUT2D eigenvalue weighted by Crippen LogP contribution is 2.35. The topological polar surface area (TPSA) is 121 Å². The summed E-state index contributed by atoms with van der Waals surface area (Å²) in [6.45, 7) is 2.46. The quantitative estimate of drug-likeness (QED) is 0.563. The van der Waals surface area contributed by atoms with Crippen LogP contribution in [0.2, 0.25) is 0 Å². The first-order valence-electron chi connectivity index (χ1n) is 9.76. The first kappa shape index (κ1) is 21.2. The van der Waals surface area contributed by atoms with Crippen molar-refractivity contribution in [3.05, 3.63) is 42.3 Å². The second-order valence-corrected chi connectivity index (χ2v) is 9.09. The predicted octanol–water partition coefficient (Wildman–Crippen LogP) is 2.42. The fourth-order valence-corrected chi connectivity index (χ4v) is 5.29. The molecule has 1 unspecified atom stereocenters. The van der Waals surface area contributed by atoms with Gasteiger partial charge in [0.1, 0.15) is 22.7 Å². The number of piperidine rings is 1. The van der Waals surface area contributed by atoms with E-state index in [-0.39, 0.29) is 23.1 Å². The SMILES string of the molecule is COc1ccc(OC)c(S(=O)(=O)N2CCCC(c3nnc(-c4cncnc4C)o3)C2)c1. The van der Waals surface area contributed by atoms with Crippen LogP contribution >= 0.6 is 0 Å². The molecule has 0 saturated carbocycles. The van der Waals surface area contributed by atoms with Crippen molar-refractivity contribution in [2.75, 3.05) is 27.3 Å². The van der Waals surface area contributed by atoms with Crippen LogP contribution < -0.4 is 9.47 Å². The molecule has 31 heavy (non-hydrogen) atoms. The zero-order valence-corrected chi connectivity index (χ0v) is 18.3. The predicted molar refractivity (Wildman–Crippen MR) is 110 cm³/mol. The molecule has 0 N–H and O–H groups in total. The Morgan fingerprint density at radius 2 is 2.03 bits per heavy atom. The van der Waals surface area contributed by atoms with Crippen molar-refractivity contribution in [2.45, 2.75) is 30.6 Å². The highest BCUT2D eigenvalue weighted by atomic mass is 32.2. The Hall–Kier alpha value is -3.05. The lowest BCUT2D eigenvalue weighted by Crippen LogP contribution is -2.39. The van der Waals surface area contributed by atoms with Gasteiger partial charge in [-0.3, -0.25) is 0 Å². The third-order valence-corrected chi connectivity index (χ3v) is 7.19.